The molecule has 0 aliphatic carbocycles. The number of amides is 3. The molecule has 1 atom stereocenters. The van der Waals surface area contributed by atoms with E-state index in [9.17, 15) is 23.6 Å². The fraction of sp³-hybridized carbons (Fsp3) is 0.176. The van der Waals surface area contributed by atoms with Crippen molar-refractivity contribution in [3.8, 4) is 0 Å². The molecule has 43 heavy (non-hydrogen) atoms. The molecular formula is C34H31FN4O4. The molecule has 8 nitrogen and oxygen atoms in total. The number of nitrogens with zero attached hydrogens (tertiary/aromatic N) is 3. The normalized spacial score (nSPS) is 13.0. The van der Waals surface area contributed by atoms with Gasteiger partial charge in [-0.15, -0.1) is 0 Å². The van der Waals surface area contributed by atoms with Crippen LogP contribution >= 0.6 is 0 Å². The summed E-state index contributed by atoms with van der Waals surface area (Å²) in [5.74, 6) is -3.24. The predicted octanol–water partition coefficient (Wildman–Crippen LogP) is 5.14. The lowest BCUT2D eigenvalue weighted by atomic mass is 10.0. The summed E-state index contributed by atoms with van der Waals surface area (Å²) in [6.07, 6.45) is 0. The number of halogens is 1. The van der Waals surface area contributed by atoms with Crippen LogP contribution in [0.15, 0.2) is 97.1 Å². The summed E-state index contributed by atoms with van der Waals surface area (Å²) in [5.41, 5.74) is 3.62. The van der Waals surface area contributed by atoms with E-state index >= 15 is 0 Å². The molecule has 4 aromatic carbocycles. The average Bonchev–Trinajstić information content (AvgIpc) is 3.23. The monoisotopic (exact) mass is 578 g/mol. The van der Waals surface area contributed by atoms with Crippen molar-refractivity contribution in [3.63, 3.8) is 0 Å². The quantitative estimate of drug-likeness (QED) is 0.278. The Morgan fingerprint density at radius 3 is 2.19 bits per heavy atom. The molecule has 0 aromatic heterocycles. The summed E-state index contributed by atoms with van der Waals surface area (Å²) in [6.45, 7) is 1.14. The van der Waals surface area contributed by atoms with Gasteiger partial charge in [0.05, 0.1) is 11.3 Å². The van der Waals surface area contributed by atoms with Gasteiger partial charge in [-0.3, -0.25) is 24.1 Å². The van der Waals surface area contributed by atoms with E-state index < -0.39 is 41.9 Å². The lowest BCUT2D eigenvalue weighted by molar-refractivity contribution is -0.139. The third-order valence-corrected chi connectivity index (χ3v) is 7.40. The van der Waals surface area contributed by atoms with E-state index in [1.54, 1.807) is 54.6 Å². The molecule has 1 unspecified atom stereocenters. The SMILES string of the molecule is Cc1ccc(C(C(=O)Nc2ccc(N(C)C)cc2)N(Cc2ccccc2F)C(=O)CN2C(=O)C(=O)c3ccccc32)cc1. The lowest BCUT2D eigenvalue weighted by Crippen LogP contribution is -2.46. The standard InChI is InChI=1S/C34H31FN4O4/c1-22-12-14-23(15-13-22)31(33(42)36-25-16-18-26(19-17-25)37(2)3)39(20-24-8-4-6-10-28(24)35)30(40)21-38-29-11-7-5-9-27(29)32(41)34(38)43/h4-19,31H,20-21H2,1-3H3,(H,36,42). The molecule has 0 spiro atoms. The van der Waals surface area contributed by atoms with Gasteiger partial charge in [-0.05, 0) is 55.0 Å². The predicted molar refractivity (Wildman–Crippen MR) is 163 cm³/mol. The van der Waals surface area contributed by atoms with Crippen molar-refractivity contribution in [2.75, 3.05) is 35.8 Å². The number of hydrogen-bond acceptors (Lipinski definition) is 5. The van der Waals surface area contributed by atoms with Crippen molar-refractivity contribution in [1.82, 2.24) is 4.90 Å². The van der Waals surface area contributed by atoms with E-state index in [1.807, 2.05) is 50.2 Å². The Kier molecular flexibility index (Phi) is 8.34. The minimum atomic E-state index is -1.19. The van der Waals surface area contributed by atoms with Gasteiger partial charge in [-0.1, -0.05) is 60.2 Å². The van der Waals surface area contributed by atoms with Gasteiger partial charge in [0.25, 0.3) is 17.6 Å². The Hall–Kier alpha value is -5.31. The second-order valence-electron chi connectivity index (χ2n) is 10.6. The minimum absolute atomic E-state index is 0.195. The molecular weight excluding hydrogens is 547 g/mol. The highest BCUT2D eigenvalue weighted by molar-refractivity contribution is 6.52. The molecule has 0 fully saturated rings. The van der Waals surface area contributed by atoms with Crippen molar-refractivity contribution in [2.45, 2.75) is 19.5 Å². The first-order valence-corrected chi connectivity index (χ1v) is 13.8. The Morgan fingerprint density at radius 1 is 0.860 bits per heavy atom. The number of para-hydroxylation sites is 1. The van der Waals surface area contributed by atoms with E-state index in [0.717, 1.165) is 16.2 Å². The zero-order valence-corrected chi connectivity index (χ0v) is 24.1. The van der Waals surface area contributed by atoms with E-state index in [0.29, 0.717) is 16.9 Å². The molecule has 3 amide bonds. The Morgan fingerprint density at radius 2 is 1.51 bits per heavy atom. The Labute approximate surface area is 249 Å². The first kappa shape index (κ1) is 29.2. The lowest BCUT2D eigenvalue weighted by Gasteiger charge is -2.33. The first-order chi connectivity index (χ1) is 20.6. The van der Waals surface area contributed by atoms with Crippen LogP contribution in [0, 0.1) is 12.7 Å². The average molecular weight is 579 g/mol. The number of rotatable bonds is 9. The largest absolute Gasteiger partial charge is 0.378 e. The van der Waals surface area contributed by atoms with Crippen LogP contribution in [0.25, 0.3) is 0 Å². The molecule has 9 heteroatoms. The van der Waals surface area contributed by atoms with Crippen LogP contribution in [0.1, 0.15) is 33.1 Å². The molecule has 1 heterocycles. The van der Waals surface area contributed by atoms with E-state index in [4.69, 9.17) is 0 Å². The minimum Gasteiger partial charge on any atom is -0.378 e. The van der Waals surface area contributed by atoms with Gasteiger partial charge in [0.1, 0.15) is 18.4 Å². The van der Waals surface area contributed by atoms with E-state index in [2.05, 4.69) is 5.32 Å². The Balaban J connectivity index is 1.55. The third-order valence-electron chi connectivity index (χ3n) is 7.40. The second-order valence-corrected chi connectivity index (χ2v) is 10.6. The molecule has 1 N–H and O–H groups in total. The maximum absolute atomic E-state index is 14.9. The molecule has 1 aliphatic rings. The zero-order chi connectivity index (χ0) is 30.7. The summed E-state index contributed by atoms with van der Waals surface area (Å²) in [5, 5.41) is 2.90. The van der Waals surface area contributed by atoms with Crippen LogP contribution < -0.4 is 15.1 Å². The van der Waals surface area contributed by atoms with Crippen LogP contribution in [0.3, 0.4) is 0 Å². The van der Waals surface area contributed by atoms with Crippen LogP contribution in [-0.4, -0.2) is 49.0 Å². The van der Waals surface area contributed by atoms with E-state index in [1.165, 1.54) is 23.1 Å². The fourth-order valence-corrected chi connectivity index (χ4v) is 5.04. The van der Waals surface area contributed by atoms with Crippen LogP contribution in [0.4, 0.5) is 21.5 Å². The molecule has 0 bridgehead atoms. The number of fused-ring (bicyclic) bond motifs is 1. The van der Waals surface area contributed by atoms with Gasteiger partial charge in [0.2, 0.25) is 5.91 Å². The summed E-state index contributed by atoms with van der Waals surface area (Å²) >= 11 is 0. The number of benzene rings is 4. The van der Waals surface area contributed by atoms with Gasteiger partial charge in [0, 0.05) is 37.6 Å². The van der Waals surface area contributed by atoms with Crippen LogP contribution in [0.2, 0.25) is 0 Å². The highest BCUT2D eigenvalue weighted by atomic mass is 19.1. The summed E-state index contributed by atoms with van der Waals surface area (Å²) in [6, 6.07) is 25.6. The van der Waals surface area contributed by atoms with Crippen molar-refractivity contribution < 1.29 is 23.6 Å². The number of aryl methyl sites for hydroxylation is 1. The second kappa shape index (κ2) is 12.3. The number of carbonyl (C=O) groups excluding carboxylic acids is 4. The molecule has 1 aliphatic heterocycles. The maximum Gasteiger partial charge on any atom is 0.299 e. The number of hydrogen-bond donors (Lipinski definition) is 1. The van der Waals surface area contributed by atoms with Gasteiger partial charge in [0.15, 0.2) is 0 Å². The molecule has 0 radical (unpaired) electrons. The molecule has 0 saturated carbocycles. The summed E-state index contributed by atoms with van der Waals surface area (Å²) in [4.78, 5) is 58.0. The van der Waals surface area contributed by atoms with E-state index in [-0.39, 0.29) is 17.7 Å². The third kappa shape index (κ3) is 6.16. The summed E-state index contributed by atoms with van der Waals surface area (Å²) < 4.78 is 14.9. The van der Waals surface area contributed by atoms with Crippen LogP contribution in [-0.2, 0) is 20.9 Å². The van der Waals surface area contributed by atoms with Gasteiger partial charge < -0.3 is 15.1 Å². The molecule has 4 aromatic rings. The first-order valence-electron chi connectivity index (χ1n) is 13.8. The molecule has 5 rings (SSSR count). The number of nitrogens with one attached hydrogen (secondary N) is 1. The van der Waals surface area contributed by atoms with Crippen molar-refractivity contribution in [3.05, 3.63) is 125 Å². The van der Waals surface area contributed by atoms with Crippen molar-refractivity contribution >= 4 is 40.6 Å². The Bertz CT molecular complexity index is 1690. The fourth-order valence-electron chi connectivity index (χ4n) is 5.04. The topological polar surface area (TPSA) is 90.0 Å². The van der Waals surface area contributed by atoms with Gasteiger partial charge in [-0.2, -0.15) is 0 Å². The van der Waals surface area contributed by atoms with Crippen molar-refractivity contribution in [1.29, 1.82) is 0 Å². The zero-order valence-electron chi connectivity index (χ0n) is 24.1. The molecule has 218 valence electrons. The van der Waals surface area contributed by atoms with Crippen LogP contribution in [0.5, 0.6) is 0 Å². The smallest absolute Gasteiger partial charge is 0.299 e. The number of Topliss-reactive ketones (excluding diaryl/α,β-unsaturated/α-hetero) is 1. The van der Waals surface area contributed by atoms with Gasteiger partial charge >= 0.3 is 0 Å². The highest BCUT2D eigenvalue weighted by Crippen LogP contribution is 2.31. The highest BCUT2D eigenvalue weighted by Gasteiger charge is 2.39. The number of anilines is 3. The molecule has 0 saturated heterocycles. The van der Waals surface area contributed by atoms with Crippen molar-refractivity contribution in [2.24, 2.45) is 0 Å². The summed E-state index contributed by atoms with van der Waals surface area (Å²) in [7, 11) is 3.81. The maximum atomic E-state index is 14.9. The number of carbonyl (C=O) groups is 4. The number of ketones is 1. The van der Waals surface area contributed by atoms with Gasteiger partial charge in [-0.25, -0.2) is 4.39 Å².